The van der Waals surface area contributed by atoms with E-state index in [0.29, 0.717) is 19.8 Å². The summed E-state index contributed by atoms with van der Waals surface area (Å²) >= 11 is 0. The minimum Gasteiger partial charge on any atom is -0.379 e. The second-order valence-corrected chi connectivity index (χ2v) is 4.61. The second kappa shape index (κ2) is 5.01. The van der Waals surface area contributed by atoms with Crippen molar-refractivity contribution in [1.82, 2.24) is 10.2 Å². The van der Waals surface area contributed by atoms with Gasteiger partial charge in [-0.2, -0.15) is 0 Å². The number of hydrogen-bond acceptors (Lipinski definition) is 4. The topological polar surface area (TPSA) is 84.7 Å². The van der Waals surface area contributed by atoms with Gasteiger partial charge in [-0.15, -0.1) is 0 Å². The molecule has 2 aliphatic heterocycles. The Bertz CT molecular complexity index is 321. The maximum Gasteiger partial charge on any atom is 0.242 e. The van der Waals surface area contributed by atoms with Gasteiger partial charge >= 0.3 is 0 Å². The molecule has 17 heavy (non-hydrogen) atoms. The van der Waals surface area contributed by atoms with Crippen LogP contribution in [-0.4, -0.2) is 55.6 Å². The molecule has 0 bridgehead atoms. The van der Waals surface area contributed by atoms with Crippen LogP contribution in [0.3, 0.4) is 0 Å². The number of carbonyl (C=O) groups excluding carboxylic acids is 2. The van der Waals surface area contributed by atoms with Crippen molar-refractivity contribution in [3.05, 3.63) is 0 Å². The van der Waals surface area contributed by atoms with Crippen LogP contribution < -0.4 is 11.1 Å². The first-order chi connectivity index (χ1) is 8.15. The summed E-state index contributed by atoms with van der Waals surface area (Å²) < 4.78 is 5.20. The summed E-state index contributed by atoms with van der Waals surface area (Å²) in [7, 11) is 1.59. The smallest absolute Gasteiger partial charge is 0.242 e. The number of likely N-dealkylation sites (N-methyl/N-ethyl adjacent to an activating group) is 1. The van der Waals surface area contributed by atoms with Crippen LogP contribution in [0.4, 0.5) is 0 Å². The van der Waals surface area contributed by atoms with Crippen molar-refractivity contribution in [1.29, 1.82) is 0 Å². The molecule has 2 aliphatic rings. The normalized spacial score (nSPS) is 32.8. The van der Waals surface area contributed by atoms with E-state index in [1.54, 1.807) is 11.9 Å². The number of hydrogen-bond donors (Lipinski definition) is 2. The third-order valence-electron chi connectivity index (χ3n) is 3.53. The van der Waals surface area contributed by atoms with Crippen molar-refractivity contribution in [2.75, 3.05) is 26.8 Å². The minimum atomic E-state index is -0.333. The third kappa shape index (κ3) is 2.28. The molecule has 0 radical (unpaired) electrons. The molecule has 3 atom stereocenters. The molecule has 6 heteroatoms. The molecular formula is C11H19N3O3. The van der Waals surface area contributed by atoms with Crippen molar-refractivity contribution in [3.8, 4) is 0 Å². The fourth-order valence-electron chi connectivity index (χ4n) is 2.51. The molecule has 2 amide bonds. The van der Waals surface area contributed by atoms with Gasteiger partial charge in [0.15, 0.2) is 0 Å². The first kappa shape index (κ1) is 12.3. The van der Waals surface area contributed by atoms with Gasteiger partial charge in [0, 0.05) is 19.6 Å². The number of carbonyl (C=O) groups is 2. The number of ether oxygens (including phenoxy) is 1. The van der Waals surface area contributed by atoms with Gasteiger partial charge in [-0.3, -0.25) is 9.59 Å². The number of likely N-dealkylation sites (tertiary alicyclic amines) is 1. The van der Waals surface area contributed by atoms with Gasteiger partial charge in [-0.05, 0) is 12.8 Å². The van der Waals surface area contributed by atoms with Gasteiger partial charge in [0.05, 0.1) is 19.1 Å². The Labute approximate surface area is 100 Å². The molecule has 3 unspecified atom stereocenters. The molecule has 96 valence electrons. The van der Waals surface area contributed by atoms with Crippen molar-refractivity contribution in [2.24, 2.45) is 11.7 Å². The molecule has 6 nitrogen and oxygen atoms in total. The summed E-state index contributed by atoms with van der Waals surface area (Å²) in [4.78, 5) is 25.6. The predicted octanol–water partition coefficient (Wildman–Crippen LogP) is -1.30. The lowest BCUT2D eigenvalue weighted by molar-refractivity contribution is -0.141. The summed E-state index contributed by atoms with van der Waals surface area (Å²) in [5, 5.41) is 2.60. The Morgan fingerprint density at radius 1 is 1.41 bits per heavy atom. The summed E-state index contributed by atoms with van der Waals surface area (Å²) in [6.07, 6.45) is 1.60. The number of nitrogens with one attached hydrogen (secondary N) is 1. The van der Waals surface area contributed by atoms with E-state index in [9.17, 15) is 9.59 Å². The average molecular weight is 241 g/mol. The summed E-state index contributed by atoms with van der Waals surface area (Å²) in [5.41, 5.74) is 5.83. The fourth-order valence-corrected chi connectivity index (χ4v) is 2.51. The van der Waals surface area contributed by atoms with Gasteiger partial charge in [-0.1, -0.05) is 0 Å². The molecule has 2 rings (SSSR count). The van der Waals surface area contributed by atoms with E-state index in [0.717, 1.165) is 12.8 Å². The predicted molar refractivity (Wildman–Crippen MR) is 61.1 cm³/mol. The molecule has 0 saturated carbocycles. The maximum absolute atomic E-state index is 12.3. The van der Waals surface area contributed by atoms with Crippen LogP contribution in [0.5, 0.6) is 0 Å². The number of amides is 2. The number of rotatable bonds is 2. The van der Waals surface area contributed by atoms with Crippen LogP contribution in [0.2, 0.25) is 0 Å². The Morgan fingerprint density at radius 3 is 2.76 bits per heavy atom. The second-order valence-electron chi connectivity index (χ2n) is 4.61. The average Bonchev–Trinajstić information content (AvgIpc) is 2.95. The van der Waals surface area contributed by atoms with Crippen LogP contribution in [0.1, 0.15) is 12.8 Å². The Hall–Kier alpha value is -1.14. The molecule has 2 heterocycles. The fraction of sp³-hybridized carbons (Fsp3) is 0.818. The van der Waals surface area contributed by atoms with E-state index in [-0.39, 0.29) is 29.8 Å². The monoisotopic (exact) mass is 241 g/mol. The largest absolute Gasteiger partial charge is 0.379 e. The SMILES string of the molecule is CNC(=O)C1CCCN1C(=O)C1COCC1N. The van der Waals surface area contributed by atoms with Crippen molar-refractivity contribution in [2.45, 2.75) is 24.9 Å². The van der Waals surface area contributed by atoms with Gasteiger partial charge in [0.25, 0.3) is 0 Å². The van der Waals surface area contributed by atoms with Crippen molar-refractivity contribution >= 4 is 11.8 Å². The molecule has 0 aromatic rings. The van der Waals surface area contributed by atoms with Gasteiger partial charge in [0.1, 0.15) is 6.04 Å². The van der Waals surface area contributed by atoms with Crippen LogP contribution in [0.15, 0.2) is 0 Å². The molecule has 0 spiro atoms. The third-order valence-corrected chi connectivity index (χ3v) is 3.53. The first-order valence-corrected chi connectivity index (χ1v) is 6.00. The molecular weight excluding hydrogens is 222 g/mol. The van der Waals surface area contributed by atoms with Crippen molar-refractivity contribution in [3.63, 3.8) is 0 Å². The minimum absolute atomic E-state index is 0.0406. The summed E-state index contributed by atoms with van der Waals surface area (Å²) in [6.45, 7) is 1.44. The molecule has 0 aromatic heterocycles. The van der Waals surface area contributed by atoms with E-state index in [2.05, 4.69) is 5.32 Å². The lowest BCUT2D eigenvalue weighted by atomic mass is 10.0. The molecule has 2 fully saturated rings. The van der Waals surface area contributed by atoms with Crippen LogP contribution in [0.25, 0.3) is 0 Å². The van der Waals surface area contributed by atoms with Crippen LogP contribution >= 0.6 is 0 Å². The first-order valence-electron chi connectivity index (χ1n) is 6.00. The lowest BCUT2D eigenvalue weighted by Gasteiger charge is -2.26. The molecule has 0 aromatic carbocycles. The van der Waals surface area contributed by atoms with E-state index < -0.39 is 0 Å². The van der Waals surface area contributed by atoms with E-state index >= 15 is 0 Å². The Morgan fingerprint density at radius 2 is 2.18 bits per heavy atom. The summed E-state index contributed by atoms with van der Waals surface area (Å²) in [5.74, 6) is -0.426. The highest BCUT2D eigenvalue weighted by molar-refractivity contribution is 5.89. The van der Waals surface area contributed by atoms with Crippen LogP contribution in [0, 0.1) is 5.92 Å². The number of nitrogens with two attached hydrogens (primary N) is 1. The van der Waals surface area contributed by atoms with E-state index in [4.69, 9.17) is 10.5 Å². The van der Waals surface area contributed by atoms with Crippen molar-refractivity contribution < 1.29 is 14.3 Å². The molecule has 2 saturated heterocycles. The standard InChI is InChI=1S/C11H19N3O3/c1-13-10(15)9-3-2-4-14(9)11(16)7-5-17-6-8(7)12/h7-9H,2-6,12H2,1H3,(H,13,15). The maximum atomic E-state index is 12.3. The zero-order chi connectivity index (χ0) is 12.4. The van der Waals surface area contributed by atoms with Gasteiger partial charge in [0.2, 0.25) is 11.8 Å². The zero-order valence-electron chi connectivity index (χ0n) is 10.0. The quantitative estimate of drug-likeness (QED) is 0.629. The molecule has 0 aliphatic carbocycles. The molecule has 3 N–H and O–H groups in total. The highest BCUT2D eigenvalue weighted by atomic mass is 16.5. The highest BCUT2D eigenvalue weighted by Gasteiger charge is 2.40. The number of nitrogens with zero attached hydrogens (tertiary/aromatic N) is 1. The highest BCUT2D eigenvalue weighted by Crippen LogP contribution is 2.23. The van der Waals surface area contributed by atoms with E-state index in [1.165, 1.54) is 0 Å². The van der Waals surface area contributed by atoms with Crippen LogP contribution in [-0.2, 0) is 14.3 Å². The van der Waals surface area contributed by atoms with Gasteiger partial charge < -0.3 is 20.7 Å². The summed E-state index contributed by atoms with van der Waals surface area (Å²) in [6, 6.07) is -0.575. The van der Waals surface area contributed by atoms with E-state index in [1.807, 2.05) is 0 Å². The van der Waals surface area contributed by atoms with Gasteiger partial charge in [-0.25, -0.2) is 0 Å². The Kier molecular flexibility index (Phi) is 3.63. The Balaban J connectivity index is 2.05. The zero-order valence-corrected chi connectivity index (χ0v) is 10.0. The lowest BCUT2D eigenvalue weighted by Crippen LogP contribution is -2.50.